The van der Waals surface area contributed by atoms with Gasteiger partial charge < -0.3 is 41.5 Å². The van der Waals surface area contributed by atoms with E-state index in [-0.39, 0.29) is 59.4 Å². The summed E-state index contributed by atoms with van der Waals surface area (Å²) in [4.78, 5) is 69.5. The maximum Gasteiger partial charge on any atom is 0.286 e. The maximum absolute atomic E-state index is 13.2. The van der Waals surface area contributed by atoms with Gasteiger partial charge in [-0.25, -0.2) is 4.98 Å². The van der Waals surface area contributed by atoms with Crippen LogP contribution in [0.25, 0.3) is 0 Å². The van der Waals surface area contributed by atoms with E-state index < -0.39 is 34.9 Å². The topological polar surface area (TPSA) is 235 Å². The van der Waals surface area contributed by atoms with Crippen molar-refractivity contribution in [3.05, 3.63) is 64.1 Å². The van der Waals surface area contributed by atoms with Crippen LogP contribution in [0, 0.1) is 0 Å². The van der Waals surface area contributed by atoms with Gasteiger partial charge in [0.15, 0.2) is 23.2 Å². The number of anilines is 1. The first kappa shape index (κ1) is 31.6. The number of aromatic nitrogens is 2. The summed E-state index contributed by atoms with van der Waals surface area (Å²) < 4.78 is 1.67. The van der Waals surface area contributed by atoms with E-state index in [1.807, 2.05) is 0 Å². The minimum absolute atomic E-state index is 0.0205. The Hall–Kier alpha value is -4.81. The van der Waals surface area contributed by atoms with Crippen LogP contribution in [-0.4, -0.2) is 97.3 Å². The number of oxime groups is 1. The number of hydrogen-bond donors (Lipinski definition) is 5. The minimum atomic E-state index is -1.59. The Labute approximate surface area is 263 Å². The number of amides is 4. The van der Waals surface area contributed by atoms with E-state index in [1.165, 1.54) is 23.2 Å². The largest absolute Gasteiger partial charge is 0.543 e. The molecule has 0 unspecified atom stereocenters. The van der Waals surface area contributed by atoms with E-state index in [1.54, 1.807) is 34.0 Å². The molecule has 0 saturated carbocycles. The Morgan fingerprint density at radius 1 is 1.27 bits per heavy atom. The summed E-state index contributed by atoms with van der Waals surface area (Å²) in [5, 5.41) is 39.1. The molecule has 2 aromatic heterocycles. The second-order valence-corrected chi connectivity index (χ2v) is 12.1. The molecule has 5 rings (SSSR count). The van der Waals surface area contributed by atoms with Gasteiger partial charge in [-0.05, 0) is 23.6 Å². The first-order valence-corrected chi connectivity index (χ1v) is 15.5. The van der Waals surface area contributed by atoms with Crippen molar-refractivity contribution in [2.24, 2.45) is 5.16 Å². The molecule has 5 heterocycles. The number of carbonyl (C=O) groups is 5. The molecule has 18 heteroatoms. The van der Waals surface area contributed by atoms with Crippen LogP contribution in [0.5, 0.6) is 0 Å². The number of nitrogens with two attached hydrogens (primary N) is 1. The molecular weight excluding hydrogens is 628 g/mol. The lowest BCUT2D eigenvalue weighted by molar-refractivity contribution is -0.684. The van der Waals surface area contributed by atoms with Crippen molar-refractivity contribution >= 4 is 63.5 Å². The van der Waals surface area contributed by atoms with Gasteiger partial charge in [0, 0.05) is 48.5 Å². The van der Waals surface area contributed by atoms with Gasteiger partial charge >= 0.3 is 0 Å². The second-order valence-electron chi connectivity index (χ2n) is 10.1. The number of thiazole rings is 1. The Morgan fingerprint density at radius 2 is 2.02 bits per heavy atom. The third kappa shape index (κ3) is 6.66. The molecule has 0 aromatic carbocycles. The molecule has 0 bridgehead atoms. The van der Waals surface area contributed by atoms with Crippen LogP contribution in [0.2, 0.25) is 0 Å². The maximum atomic E-state index is 13.2. The molecule has 2 atom stereocenters. The number of allylic oxidation sites excluding steroid dienone is 1. The quantitative estimate of drug-likeness (QED) is 0.0410. The number of nitrogens with zero attached hydrogens (tertiary/aromatic N) is 5. The number of thioether (sulfide) groups is 1. The summed E-state index contributed by atoms with van der Waals surface area (Å²) in [7, 11) is 0. The van der Waals surface area contributed by atoms with Crippen LogP contribution in [0.1, 0.15) is 17.7 Å². The number of carboxylic acids is 1. The molecule has 6 N–H and O–H groups in total. The van der Waals surface area contributed by atoms with Gasteiger partial charge in [-0.3, -0.25) is 24.1 Å². The Balaban J connectivity index is 1.24. The smallest absolute Gasteiger partial charge is 0.286 e. The molecule has 0 aliphatic carbocycles. The van der Waals surface area contributed by atoms with E-state index in [2.05, 4.69) is 20.8 Å². The standard InChI is InChI=1S/C27H28N8O8S2/c28-27-30-17(13-45-27)19(32-43)22(38)31-20-24(40)35-21(26(41)42)16(12-44-25(20)35)9-15-3-7-34(23(15)39)10-14-1-5-33(6-2-14)11-18(37)29-4-8-36/h1-2,5-6,9,13,20,25,36H,3-4,7-8,10-12H2,(H5-,28,29,30,31,37,38,41,42,43)/t20-,25-/m1/s1. The second kappa shape index (κ2) is 13.4. The summed E-state index contributed by atoms with van der Waals surface area (Å²) in [6.07, 6.45) is 5.28. The third-order valence-electron chi connectivity index (χ3n) is 7.21. The Morgan fingerprint density at radius 3 is 2.67 bits per heavy atom. The van der Waals surface area contributed by atoms with Gasteiger partial charge in [0.1, 0.15) is 17.1 Å². The highest BCUT2D eigenvalue weighted by Crippen LogP contribution is 2.41. The van der Waals surface area contributed by atoms with E-state index >= 15 is 0 Å². The minimum Gasteiger partial charge on any atom is -0.543 e. The molecule has 236 valence electrons. The lowest BCUT2D eigenvalue weighted by Crippen LogP contribution is -2.71. The molecule has 3 aliphatic rings. The lowest BCUT2D eigenvalue weighted by atomic mass is 10.0. The number of aliphatic hydroxyl groups excluding tert-OH is 1. The van der Waals surface area contributed by atoms with E-state index in [9.17, 15) is 34.3 Å². The first-order chi connectivity index (χ1) is 21.6. The van der Waals surface area contributed by atoms with Gasteiger partial charge in [0.25, 0.3) is 17.7 Å². The van der Waals surface area contributed by atoms with Crippen LogP contribution in [0.3, 0.4) is 0 Å². The van der Waals surface area contributed by atoms with Crippen molar-refractivity contribution < 1.29 is 44.0 Å². The van der Waals surface area contributed by atoms with Crippen LogP contribution < -0.4 is 26.0 Å². The highest BCUT2D eigenvalue weighted by atomic mass is 32.2. The zero-order valence-electron chi connectivity index (χ0n) is 23.5. The number of β-lactam (4-membered cyclic amide) rings is 1. The van der Waals surface area contributed by atoms with Crippen molar-refractivity contribution in [3.63, 3.8) is 0 Å². The van der Waals surface area contributed by atoms with E-state index in [0.29, 0.717) is 25.1 Å². The highest BCUT2D eigenvalue weighted by Gasteiger charge is 2.53. The molecule has 45 heavy (non-hydrogen) atoms. The fourth-order valence-corrected chi connectivity index (χ4v) is 6.91. The fraction of sp³-hybridized carbons (Fsp3) is 0.333. The number of hydrogen-bond acceptors (Lipinski definition) is 13. The monoisotopic (exact) mass is 656 g/mol. The molecule has 0 radical (unpaired) electrons. The van der Waals surface area contributed by atoms with Gasteiger partial charge in [0.2, 0.25) is 12.5 Å². The van der Waals surface area contributed by atoms with Gasteiger partial charge in [0.05, 0.1) is 18.3 Å². The number of fused-ring (bicyclic) bond motifs is 1. The molecule has 3 aliphatic heterocycles. The fourth-order valence-electron chi connectivity index (χ4n) is 5.06. The Kier molecular flexibility index (Phi) is 9.45. The highest BCUT2D eigenvalue weighted by molar-refractivity contribution is 8.00. The van der Waals surface area contributed by atoms with Crippen molar-refractivity contribution in [2.45, 2.75) is 30.9 Å². The third-order valence-corrected chi connectivity index (χ3v) is 9.19. The van der Waals surface area contributed by atoms with E-state index in [4.69, 9.17) is 10.8 Å². The molecule has 2 fully saturated rings. The number of nitrogens with one attached hydrogen (secondary N) is 2. The first-order valence-electron chi connectivity index (χ1n) is 13.6. The number of aliphatic hydroxyl groups is 1. The summed E-state index contributed by atoms with van der Waals surface area (Å²) >= 11 is 2.24. The Bertz CT molecular complexity index is 1640. The summed E-state index contributed by atoms with van der Waals surface area (Å²) in [6, 6.07) is 2.48. The number of likely N-dealkylation sites (tertiary alicyclic amines) is 1. The van der Waals surface area contributed by atoms with Gasteiger partial charge in [-0.1, -0.05) is 5.16 Å². The number of nitrogen functional groups attached to an aromatic ring is 1. The van der Waals surface area contributed by atoms with Crippen molar-refractivity contribution in [1.82, 2.24) is 25.4 Å². The molecule has 16 nitrogen and oxygen atoms in total. The summed E-state index contributed by atoms with van der Waals surface area (Å²) in [6.45, 7) is 0.812. The van der Waals surface area contributed by atoms with Crippen LogP contribution in [0.15, 0.2) is 58.0 Å². The predicted molar refractivity (Wildman–Crippen MR) is 157 cm³/mol. The van der Waals surface area contributed by atoms with Crippen LogP contribution >= 0.6 is 23.1 Å². The normalized spacial score (nSPS) is 20.7. The lowest BCUT2D eigenvalue weighted by Gasteiger charge is -2.50. The van der Waals surface area contributed by atoms with Crippen molar-refractivity contribution in [3.8, 4) is 0 Å². The number of pyridine rings is 1. The average molecular weight is 657 g/mol. The molecule has 4 amide bonds. The number of carboxylic acid groups (broad SMARTS) is 1. The van der Waals surface area contributed by atoms with Crippen LogP contribution in [-0.2, 0) is 37.1 Å². The van der Waals surface area contributed by atoms with E-state index in [0.717, 1.165) is 21.8 Å². The van der Waals surface area contributed by atoms with Crippen LogP contribution in [0.4, 0.5) is 5.13 Å². The molecule has 2 aromatic rings. The average Bonchev–Trinajstić information content (AvgIpc) is 3.60. The zero-order chi connectivity index (χ0) is 32.2. The number of carbonyl (C=O) groups excluding carboxylic acids is 5. The number of rotatable bonds is 11. The number of aliphatic carboxylic acids is 1. The van der Waals surface area contributed by atoms with Gasteiger partial charge in [-0.2, -0.15) is 4.57 Å². The molecule has 0 spiro atoms. The molecular formula is C27H28N8O8S2. The summed E-state index contributed by atoms with van der Waals surface area (Å²) in [5.41, 5.74) is 6.24. The zero-order valence-corrected chi connectivity index (χ0v) is 25.2. The predicted octanol–water partition coefficient (Wildman–Crippen LogP) is -2.94. The van der Waals surface area contributed by atoms with Crippen molar-refractivity contribution in [2.75, 3.05) is 31.2 Å². The van der Waals surface area contributed by atoms with Crippen molar-refractivity contribution in [1.29, 1.82) is 0 Å². The van der Waals surface area contributed by atoms with Gasteiger partial charge in [-0.15, -0.1) is 23.1 Å². The molecule has 2 saturated heterocycles. The SMILES string of the molecule is Nc1nc(/C(=N/O)C(=O)N[C@@H]2C(=O)N3C(C(=O)[O-])=C(C=C4CCN(Cc5cc[n+](CC(=O)NCCO)cc5)C4=O)CS[C@H]23)cs1. The summed E-state index contributed by atoms with van der Waals surface area (Å²) in [5.74, 6) is -3.56.